The van der Waals surface area contributed by atoms with Gasteiger partial charge in [-0.25, -0.2) is 4.79 Å². The summed E-state index contributed by atoms with van der Waals surface area (Å²) in [6, 6.07) is 21.7. The van der Waals surface area contributed by atoms with E-state index in [0.717, 1.165) is 33.7 Å². The van der Waals surface area contributed by atoms with Crippen LogP contribution in [0.2, 0.25) is 0 Å². The lowest BCUT2D eigenvalue weighted by Gasteiger charge is -2.35. The summed E-state index contributed by atoms with van der Waals surface area (Å²) in [6.45, 7) is 4.55. The molecule has 4 aromatic rings. The molecule has 0 saturated carbocycles. The second-order valence-electron chi connectivity index (χ2n) is 8.08. The first-order chi connectivity index (χ1) is 16.1. The average Bonchev–Trinajstić information content (AvgIpc) is 3.52. The maximum absolute atomic E-state index is 13.2. The molecule has 1 unspecified atom stereocenters. The normalized spacial score (nSPS) is 16.2. The van der Waals surface area contributed by atoms with E-state index in [2.05, 4.69) is 22.6 Å². The zero-order valence-corrected chi connectivity index (χ0v) is 19.3. The van der Waals surface area contributed by atoms with Crippen molar-refractivity contribution in [2.75, 3.05) is 6.54 Å². The molecule has 2 amide bonds. The average molecular weight is 457 g/mol. The van der Waals surface area contributed by atoms with Gasteiger partial charge >= 0.3 is 6.03 Å². The molecule has 2 aromatic heterocycles. The van der Waals surface area contributed by atoms with Gasteiger partial charge < -0.3 is 9.84 Å². The molecule has 1 aliphatic rings. The van der Waals surface area contributed by atoms with Gasteiger partial charge in [-0.2, -0.15) is 4.98 Å². The number of benzene rings is 2. The Hall–Kier alpha value is -3.71. The number of aryl methyl sites for hydroxylation is 1. The number of carbonyl (C=O) groups excluding carboxylic acids is 1. The van der Waals surface area contributed by atoms with Crippen LogP contribution < -0.4 is 5.32 Å². The van der Waals surface area contributed by atoms with Crippen LogP contribution in [0.4, 0.5) is 4.79 Å². The van der Waals surface area contributed by atoms with Gasteiger partial charge in [0.05, 0.1) is 16.5 Å². The number of hydrogen-bond donors (Lipinski definition) is 1. The van der Waals surface area contributed by atoms with E-state index in [1.54, 1.807) is 16.2 Å². The molecular formula is C26H24N4O2S. The predicted octanol–water partition coefficient (Wildman–Crippen LogP) is 5.85. The van der Waals surface area contributed by atoms with Gasteiger partial charge in [0.2, 0.25) is 5.82 Å². The molecule has 33 heavy (non-hydrogen) atoms. The van der Waals surface area contributed by atoms with E-state index in [4.69, 9.17) is 9.51 Å². The largest absolute Gasteiger partial charge is 0.334 e. The van der Waals surface area contributed by atoms with Gasteiger partial charge in [0.15, 0.2) is 0 Å². The monoisotopic (exact) mass is 456 g/mol. The van der Waals surface area contributed by atoms with Crippen molar-refractivity contribution in [3.8, 4) is 10.7 Å². The van der Waals surface area contributed by atoms with Crippen molar-refractivity contribution in [1.29, 1.82) is 0 Å². The Morgan fingerprint density at radius 2 is 1.82 bits per heavy atom. The fourth-order valence-corrected chi connectivity index (χ4v) is 4.71. The summed E-state index contributed by atoms with van der Waals surface area (Å²) in [6.07, 6.45) is 0.748. The highest BCUT2D eigenvalue weighted by atomic mass is 32.1. The molecule has 0 saturated heterocycles. The number of urea groups is 1. The highest BCUT2D eigenvalue weighted by molar-refractivity contribution is 7.13. The van der Waals surface area contributed by atoms with Crippen LogP contribution in [0, 0.1) is 6.92 Å². The molecule has 5 rings (SSSR count). The number of thiophene rings is 1. The highest BCUT2D eigenvalue weighted by Crippen LogP contribution is 2.37. The van der Waals surface area contributed by atoms with E-state index in [0.29, 0.717) is 18.3 Å². The van der Waals surface area contributed by atoms with Crippen LogP contribution in [-0.2, 0) is 6.42 Å². The lowest BCUT2D eigenvalue weighted by molar-refractivity contribution is 0.205. The quantitative estimate of drug-likeness (QED) is 0.395. The number of carbonyl (C=O) groups is 1. The van der Waals surface area contributed by atoms with Crippen molar-refractivity contribution in [2.24, 2.45) is 0 Å². The van der Waals surface area contributed by atoms with Gasteiger partial charge in [-0.3, -0.25) is 4.90 Å². The minimum atomic E-state index is -0.372. The number of hydrogen-bond acceptors (Lipinski definition) is 5. The summed E-state index contributed by atoms with van der Waals surface area (Å²) in [4.78, 5) is 20.6. The third-order valence-electron chi connectivity index (χ3n) is 5.87. The van der Waals surface area contributed by atoms with E-state index < -0.39 is 0 Å². The highest BCUT2D eigenvalue weighted by Gasteiger charge is 2.35. The Labute approximate surface area is 196 Å². The van der Waals surface area contributed by atoms with Crippen molar-refractivity contribution in [3.05, 3.63) is 100 Å². The molecule has 0 fully saturated rings. The van der Waals surface area contributed by atoms with Gasteiger partial charge in [0.25, 0.3) is 5.89 Å². The second-order valence-corrected chi connectivity index (χ2v) is 9.03. The number of nitrogens with one attached hydrogen (secondary N) is 1. The molecule has 3 heterocycles. The Morgan fingerprint density at radius 1 is 1.03 bits per heavy atom. The van der Waals surface area contributed by atoms with Gasteiger partial charge in [-0.05, 0) is 42.8 Å². The van der Waals surface area contributed by atoms with Crippen LogP contribution in [-0.4, -0.2) is 27.6 Å². The fraction of sp³-hybridized carbons (Fsp3) is 0.192. The van der Waals surface area contributed by atoms with Crippen molar-refractivity contribution in [2.45, 2.75) is 26.3 Å². The Morgan fingerprint density at radius 3 is 2.55 bits per heavy atom. The number of aromatic nitrogens is 2. The summed E-state index contributed by atoms with van der Waals surface area (Å²) in [7, 11) is 0. The topological polar surface area (TPSA) is 71.3 Å². The minimum Gasteiger partial charge on any atom is -0.334 e. The SMILES string of the molecule is CC1=C(c2nc(-c3cccs3)no2)C(c2ccc(C)cc2)NC(=O)N1CCc1ccccc1. The Bertz CT molecular complexity index is 1280. The van der Waals surface area contributed by atoms with E-state index >= 15 is 0 Å². The van der Waals surface area contributed by atoms with Crippen LogP contribution in [0.1, 0.15) is 35.5 Å². The molecule has 2 aromatic carbocycles. The molecular weight excluding hydrogens is 432 g/mol. The third-order valence-corrected chi connectivity index (χ3v) is 6.74. The molecule has 1 atom stereocenters. The van der Waals surface area contributed by atoms with Crippen molar-refractivity contribution >= 4 is 22.9 Å². The van der Waals surface area contributed by atoms with Gasteiger partial charge in [-0.15, -0.1) is 11.3 Å². The van der Waals surface area contributed by atoms with Crippen LogP contribution >= 0.6 is 11.3 Å². The zero-order valence-electron chi connectivity index (χ0n) is 18.5. The van der Waals surface area contributed by atoms with Crippen LogP contribution in [0.5, 0.6) is 0 Å². The van der Waals surface area contributed by atoms with E-state index in [-0.39, 0.29) is 12.1 Å². The standard InChI is InChI=1S/C26H24N4O2S/c1-17-10-12-20(13-11-17)23-22(25-28-24(29-32-25)21-9-6-16-33-21)18(2)30(26(31)27-23)15-14-19-7-4-3-5-8-19/h3-13,16,23H,14-15H2,1-2H3,(H,27,31). The minimum absolute atomic E-state index is 0.129. The Kier molecular flexibility index (Phi) is 5.79. The lowest BCUT2D eigenvalue weighted by Crippen LogP contribution is -2.46. The molecule has 6 nitrogen and oxygen atoms in total. The smallest absolute Gasteiger partial charge is 0.322 e. The summed E-state index contributed by atoms with van der Waals surface area (Å²) in [5.41, 5.74) is 4.95. The van der Waals surface area contributed by atoms with E-state index in [1.165, 1.54) is 5.56 Å². The maximum Gasteiger partial charge on any atom is 0.322 e. The van der Waals surface area contributed by atoms with Gasteiger partial charge in [-0.1, -0.05) is 71.4 Å². The Balaban J connectivity index is 1.54. The number of nitrogens with zero attached hydrogens (tertiary/aromatic N) is 3. The third kappa shape index (κ3) is 4.32. The lowest BCUT2D eigenvalue weighted by atomic mass is 9.94. The summed E-state index contributed by atoms with van der Waals surface area (Å²) in [5, 5.41) is 9.36. The summed E-state index contributed by atoms with van der Waals surface area (Å²) >= 11 is 1.56. The number of amides is 2. The number of rotatable bonds is 6. The van der Waals surface area contributed by atoms with Gasteiger partial charge in [0, 0.05) is 12.2 Å². The molecule has 0 aliphatic carbocycles. The molecule has 1 aliphatic heterocycles. The van der Waals surface area contributed by atoms with Crippen molar-refractivity contribution in [3.63, 3.8) is 0 Å². The molecule has 166 valence electrons. The van der Waals surface area contributed by atoms with Crippen LogP contribution in [0.25, 0.3) is 16.3 Å². The first kappa shape index (κ1) is 21.2. The molecule has 7 heteroatoms. The van der Waals surface area contributed by atoms with Gasteiger partial charge in [0.1, 0.15) is 0 Å². The maximum atomic E-state index is 13.2. The summed E-state index contributed by atoms with van der Waals surface area (Å²) in [5.74, 6) is 0.974. The predicted molar refractivity (Wildman–Crippen MR) is 130 cm³/mol. The molecule has 0 radical (unpaired) electrons. The first-order valence-electron chi connectivity index (χ1n) is 10.9. The van der Waals surface area contributed by atoms with E-state index in [9.17, 15) is 4.79 Å². The van der Waals surface area contributed by atoms with Crippen LogP contribution in [0.3, 0.4) is 0 Å². The van der Waals surface area contributed by atoms with Crippen molar-refractivity contribution in [1.82, 2.24) is 20.4 Å². The zero-order chi connectivity index (χ0) is 22.8. The van der Waals surface area contributed by atoms with Crippen LogP contribution in [0.15, 0.2) is 82.3 Å². The fourth-order valence-electron chi connectivity index (χ4n) is 4.06. The first-order valence-corrected chi connectivity index (χ1v) is 11.8. The number of allylic oxidation sites excluding steroid dienone is 1. The molecule has 0 spiro atoms. The second kappa shape index (κ2) is 9.03. The summed E-state index contributed by atoms with van der Waals surface area (Å²) < 4.78 is 5.73. The van der Waals surface area contributed by atoms with E-state index in [1.807, 2.05) is 73.8 Å². The van der Waals surface area contributed by atoms with Crippen molar-refractivity contribution < 1.29 is 9.32 Å². The molecule has 0 bridgehead atoms. The molecule has 1 N–H and O–H groups in total.